The second-order valence-corrected chi connectivity index (χ2v) is 9.23. The molecule has 162 valence electrons. The molecule has 6 N–H and O–H groups in total. The van der Waals surface area contributed by atoms with Crippen LogP contribution in [-0.4, -0.2) is 82.0 Å². The summed E-state index contributed by atoms with van der Waals surface area (Å²) in [6.07, 6.45) is 1.51. The second-order valence-electron chi connectivity index (χ2n) is 6.23. The van der Waals surface area contributed by atoms with Crippen LogP contribution in [0.25, 0.3) is 0 Å². The first-order valence-corrected chi connectivity index (χ1v) is 11.4. The van der Waals surface area contributed by atoms with E-state index in [0.717, 1.165) is 16.2 Å². The lowest BCUT2D eigenvalue weighted by Gasteiger charge is -2.49. The Morgan fingerprint density at radius 2 is 2.29 bits per heavy atom. The summed E-state index contributed by atoms with van der Waals surface area (Å²) in [5.41, 5.74) is 5.68. The van der Waals surface area contributed by atoms with E-state index >= 15 is 0 Å². The molecule has 1 fully saturated rings. The van der Waals surface area contributed by atoms with Crippen LogP contribution < -0.4 is 11.1 Å². The predicted molar refractivity (Wildman–Crippen MR) is 112 cm³/mol. The molecular weight excluding hydrogens is 468 g/mol. The molecule has 2 aliphatic rings. The Bertz CT molecular complexity index is 1100. The number of thiazole rings is 1. The minimum Gasteiger partial charge on any atom is -0.477 e. The fourth-order valence-corrected chi connectivity index (χ4v) is 5.85. The van der Waals surface area contributed by atoms with E-state index in [1.165, 1.54) is 35.1 Å². The average molecular weight is 483 g/mol. The summed E-state index contributed by atoms with van der Waals surface area (Å²) in [6.45, 7) is 0. The zero-order valence-corrected chi connectivity index (χ0v) is 17.8. The van der Waals surface area contributed by atoms with Gasteiger partial charge in [0, 0.05) is 16.9 Å². The first-order valence-electron chi connectivity index (χ1n) is 8.53. The number of anilines is 1. The molecule has 2 amide bonds. The van der Waals surface area contributed by atoms with E-state index < -0.39 is 34.9 Å². The monoisotopic (exact) mass is 482 g/mol. The van der Waals surface area contributed by atoms with E-state index in [-0.39, 0.29) is 16.5 Å². The normalized spacial score (nSPS) is 21.0. The SMILES string of the molecule is Nc1nc(C(=NO)C(=O)NC2C(=O)N3C(C(=O)O)=C(CSc4cn[nH]n4)CS[C@@H]23)cs1. The van der Waals surface area contributed by atoms with Gasteiger partial charge < -0.3 is 21.4 Å². The smallest absolute Gasteiger partial charge is 0.352 e. The Kier molecular flexibility index (Phi) is 5.84. The molecule has 31 heavy (non-hydrogen) atoms. The van der Waals surface area contributed by atoms with E-state index in [9.17, 15) is 24.7 Å². The molecule has 0 aromatic carbocycles. The van der Waals surface area contributed by atoms with Crippen LogP contribution in [0.3, 0.4) is 0 Å². The number of nitrogens with one attached hydrogen (secondary N) is 2. The molecule has 0 bridgehead atoms. The molecule has 0 radical (unpaired) electrons. The Hall–Kier alpha value is -3.11. The third-order valence-corrected chi connectivity index (χ3v) is 7.40. The number of aromatic amines is 1. The van der Waals surface area contributed by atoms with Crippen LogP contribution in [0.1, 0.15) is 5.69 Å². The van der Waals surface area contributed by atoms with Crippen LogP contribution in [0, 0.1) is 0 Å². The number of nitrogens with zero attached hydrogens (tertiary/aromatic N) is 5. The molecule has 0 spiro atoms. The largest absolute Gasteiger partial charge is 0.477 e. The predicted octanol–water partition coefficient (Wildman–Crippen LogP) is -0.447. The van der Waals surface area contributed by atoms with Gasteiger partial charge in [0.25, 0.3) is 11.8 Å². The highest BCUT2D eigenvalue weighted by Gasteiger charge is 2.54. The maximum atomic E-state index is 12.7. The van der Waals surface area contributed by atoms with Crippen molar-refractivity contribution in [2.45, 2.75) is 16.4 Å². The number of thioether (sulfide) groups is 2. The van der Waals surface area contributed by atoms with Crippen molar-refractivity contribution in [3.8, 4) is 0 Å². The van der Waals surface area contributed by atoms with Crippen molar-refractivity contribution in [2.24, 2.45) is 5.16 Å². The van der Waals surface area contributed by atoms with Gasteiger partial charge in [-0.3, -0.25) is 14.5 Å². The molecule has 2 aliphatic heterocycles. The Morgan fingerprint density at radius 3 is 2.90 bits per heavy atom. The summed E-state index contributed by atoms with van der Waals surface area (Å²) in [6, 6.07) is -0.968. The lowest BCUT2D eigenvalue weighted by molar-refractivity contribution is -0.150. The summed E-state index contributed by atoms with van der Waals surface area (Å²) < 4.78 is 0. The number of hydrogen-bond acceptors (Lipinski definition) is 12. The number of carboxylic acids is 1. The zero-order valence-electron chi connectivity index (χ0n) is 15.4. The number of H-pyrrole nitrogens is 1. The number of aromatic nitrogens is 4. The van der Waals surface area contributed by atoms with Crippen molar-refractivity contribution in [1.29, 1.82) is 0 Å². The van der Waals surface area contributed by atoms with Crippen LogP contribution in [-0.2, 0) is 14.4 Å². The Balaban J connectivity index is 1.48. The summed E-state index contributed by atoms with van der Waals surface area (Å²) in [7, 11) is 0. The van der Waals surface area contributed by atoms with Gasteiger partial charge in [-0.15, -0.1) is 28.2 Å². The molecule has 1 unspecified atom stereocenters. The molecule has 2 atom stereocenters. The Morgan fingerprint density at radius 1 is 1.48 bits per heavy atom. The number of nitrogen functional groups attached to an aromatic ring is 1. The quantitative estimate of drug-likeness (QED) is 0.113. The van der Waals surface area contributed by atoms with E-state index in [4.69, 9.17) is 5.73 Å². The van der Waals surface area contributed by atoms with Gasteiger partial charge in [-0.05, 0) is 5.57 Å². The minimum atomic E-state index is -1.23. The molecule has 13 nitrogen and oxygen atoms in total. The van der Waals surface area contributed by atoms with Crippen LogP contribution in [0.2, 0.25) is 0 Å². The van der Waals surface area contributed by atoms with Crippen molar-refractivity contribution >= 4 is 63.5 Å². The highest BCUT2D eigenvalue weighted by Crippen LogP contribution is 2.41. The minimum absolute atomic E-state index is 0.0701. The van der Waals surface area contributed by atoms with E-state index in [2.05, 4.69) is 30.9 Å². The average Bonchev–Trinajstić information content (AvgIpc) is 3.42. The zero-order chi connectivity index (χ0) is 22.1. The number of β-lactam (4-membered cyclic amide) rings is 1. The number of carboxylic acid groups (broad SMARTS) is 1. The molecule has 4 rings (SSSR count). The van der Waals surface area contributed by atoms with Crippen molar-refractivity contribution in [2.75, 3.05) is 17.2 Å². The van der Waals surface area contributed by atoms with Gasteiger partial charge in [-0.2, -0.15) is 10.3 Å². The van der Waals surface area contributed by atoms with E-state index in [1.807, 2.05) is 0 Å². The lowest BCUT2D eigenvalue weighted by atomic mass is 10.0. The first kappa shape index (κ1) is 21.1. The summed E-state index contributed by atoms with van der Waals surface area (Å²) in [5, 5.41) is 36.0. The molecule has 4 heterocycles. The number of aliphatic carboxylic acids is 1. The Labute approximate surface area is 186 Å². The van der Waals surface area contributed by atoms with Crippen molar-refractivity contribution in [3.63, 3.8) is 0 Å². The fraction of sp³-hybridized carbons (Fsp3) is 0.267. The number of hydrogen-bond donors (Lipinski definition) is 5. The first-order chi connectivity index (χ1) is 14.9. The topological polar surface area (TPSA) is 200 Å². The number of carbonyl (C=O) groups excluding carboxylic acids is 2. The number of fused-ring (bicyclic) bond motifs is 1. The van der Waals surface area contributed by atoms with Gasteiger partial charge in [0.05, 0.1) is 6.20 Å². The number of nitrogens with two attached hydrogens (primary N) is 1. The maximum absolute atomic E-state index is 12.7. The van der Waals surface area contributed by atoms with Gasteiger partial charge in [0.1, 0.15) is 27.8 Å². The van der Waals surface area contributed by atoms with Gasteiger partial charge >= 0.3 is 5.97 Å². The molecule has 2 aromatic heterocycles. The molecular formula is C15H14N8O5S3. The molecule has 1 saturated heterocycles. The van der Waals surface area contributed by atoms with Crippen LogP contribution in [0.15, 0.2) is 33.0 Å². The van der Waals surface area contributed by atoms with Gasteiger partial charge in [0.15, 0.2) is 10.8 Å². The van der Waals surface area contributed by atoms with E-state index in [0.29, 0.717) is 22.1 Å². The summed E-state index contributed by atoms with van der Waals surface area (Å²) in [4.78, 5) is 42.1. The third kappa shape index (κ3) is 3.96. The van der Waals surface area contributed by atoms with Gasteiger partial charge in [-0.25, -0.2) is 9.78 Å². The van der Waals surface area contributed by atoms with E-state index in [1.54, 1.807) is 0 Å². The number of rotatable bonds is 7. The molecule has 16 heteroatoms. The number of carbonyl (C=O) groups is 3. The molecule has 0 saturated carbocycles. The number of amides is 2. The summed E-state index contributed by atoms with van der Waals surface area (Å²) >= 11 is 3.68. The second kappa shape index (κ2) is 8.56. The standard InChI is InChI=1S/C15H14N8O5S3/c16-15-18-6(4-31-15)8(21-28)11(24)19-9-12(25)23-10(14(26)27)5(3-30-13(9)23)2-29-7-1-17-22-20-7/h1,4,9,13,28H,2-3H2,(H2,16,18)(H,19,24)(H,26,27)(H,17,20,22)/t9?,13-/m0/s1. The highest BCUT2D eigenvalue weighted by molar-refractivity contribution is 8.01. The fourth-order valence-electron chi connectivity index (χ4n) is 3.03. The lowest BCUT2D eigenvalue weighted by Crippen LogP contribution is -2.71. The third-order valence-electron chi connectivity index (χ3n) is 4.40. The van der Waals surface area contributed by atoms with Crippen LogP contribution >= 0.6 is 34.9 Å². The van der Waals surface area contributed by atoms with Crippen LogP contribution in [0.4, 0.5) is 5.13 Å². The van der Waals surface area contributed by atoms with Crippen molar-refractivity contribution < 1.29 is 24.7 Å². The van der Waals surface area contributed by atoms with Gasteiger partial charge in [-0.1, -0.05) is 16.9 Å². The van der Waals surface area contributed by atoms with Gasteiger partial charge in [0.2, 0.25) is 0 Å². The molecule has 0 aliphatic carbocycles. The molecule has 2 aromatic rings. The van der Waals surface area contributed by atoms with Crippen molar-refractivity contribution in [1.82, 2.24) is 30.6 Å². The highest BCUT2D eigenvalue weighted by atomic mass is 32.2. The van der Waals surface area contributed by atoms with Crippen molar-refractivity contribution in [3.05, 3.63) is 28.5 Å². The number of oxime groups is 1. The van der Waals surface area contributed by atoms with Crippen LogP contribution in [0.5, 0.6) is 0 Å². The summed E-state index contributed by atoms with van der Waals surface area (Å²) in [5.74, 6) is -1.94. The maximum Gasteiger partial charge on any atom is 0.352 e.